The molecule has 2 heterocycles. The van der Waals surface area contributed by atoms with Gasteiger partial charge in [-0.05, 0) is 67.4 Å². The second-order valence-electron chi connectivity index (χ2n) is 12.9. The third kappa shape index (κ3) is 3.81. The van der Waals surface area contributed by atoms with Gasteiger partial charge in [-0.3, -0.25) is 0 Å². The summed E-state index contributed by atoms with van der Waals surface area (Å²) in [6.07, 6.45) is 0. The molecule has 9 rings (SSSR count). The van der Waals surface area contributed by atoms with E-state index in [1.54, 1.807) is 0 Å². The number of rotatable bonds is 2. The Morgan fingerprint density at radius 1 is 0.409 bits per heavy atom. The molecule has 0 saturated heterocycles. The van der Waals surface area contributed by atoms with Gasteiger partial charge < -0.3 is 0 Å². The van der Waals surface area contributed by atoms with E-state index in [2.05, 4.69) is 148 Å². The van der Waals surface area contributed by atoms with Crippen molar-refractivity contribution in [3.05, 3.63) is 133 Å². The quantitative estimate of drug-likeness (QED) is 0.174. The van der Waals surface area contributed by atoms with Gasteiger partial charge in [0, 0.05) is 45.9 Å². The summed E-state index contributed by atoms with van der Waals surface area (Å²) in [5.41, 5.74) is 6.76. The average molecular weight is 599 g/mol. The van der Waals surface area contributed by atoms with E-state index >= 15 is 0 Å². The van der Waals surface area contributed by atoms with Crippen LogP contribution in [-0.4, -0.2) is 0 Å². The highest BCUT2D eigenvalue weighted by Gasteiger charge is 2.20. The Morgan fingerprint density at radius 2 is 0.955 bits per heavy atom. The molecule has 7 aromatic carbocycles. The van der Waals surface area contributed by atoms with Crippen LogP contribution in [-0.2, 0) is 5.41 Å². The molecule has 0 aliphatic heterocycles. The Kier molecular flexibility index (Phi) is 5.60. The maximum atomic E-state index is 2.43. The largest absolute Gasteiger partial charge is 0.135 e. The van der Waals surface area contributed by atoms with Gasteiger partial charge in [-0.2, -0.15) is 0 Å². The van der Waals surface area contributed by atoms with Crippen molar-refractivity contribution in [1.82, 2.24) is 0 Å². The molecular weight excluding hydrogens is 569 g/mol. The highest BCUT2D eigenvalue weighted by molar-refractivity contribution is 7.26. The minimum Gasteiger partial charge on any atom is -0.135 e. The lowest BCUT2D eigenvalue weighted by Gasteiger charge is -2.18. The first-order valence-corrected chi connectivity index (χ1v) is 16.9. The van der Waals surface area contributed by atoms with Gasteiger partial charge in [0.1, 0.15) is 0 Å². The number of thiophene rings is 2. The maximum absolute atomic E-state index is 2.43. The van der Waals surface area contributed by atoms with Crippen molar-refractivity contribution in [2.24, 2.45) is 0 Å². The molecule has 0 amide bonds. The average Bonchev–Trinajstić information content (AvgIpc) is 3.61. The fraction of sp³-hybridized carbons (Fsp3) is 0.0952. The van der Waals surface area contributed by atoms with Crippen LogP contribution in [0.3, 0.4) is 0 Å². The van der Waals surface area contributed by atoms with E-state index in [-0.39, 0.29) is 5.41 Å². The zero-order valence-corrected chi connectivity index (χ0v) is 26.6. The minimum absolute atomic E-state index is 0.134. The summed E-state index contributed by atoms with van der Waals surface area (Å²) in [4.78, 5) is 0. The fourth-order valence-electron chi connectivity index (χ4n) is 7.07. The predicted octanol–water partition coefficient (Wildman–Crippen LogP) is 13.4. The highest BCUT2D eigenvalue weighted by Crippen LogP contribution is 2.48. The summed E-state index contributed by atoms with van der Waals surface area (Å²) >= 11 is 3.82. The molecule has 2 aromatic heterocycles. The van der Waals surface area contributed by atoms with E-state index in [1.165, 1.54) is 89.7 Å². The lowest BCUT2D eigenvalue weighted by molar-refractivity contribution is 0.591. The molecule has 0 radical (unpaired) electrons. The molecule has 0 saturated carbocycles. The molecule has 0 N–H and O–H groups in total. The van der Waals surface area contributed by atoms with Crippen LogP contribution in [0.1, 0.15) is 26.3 Å². The first kappa shape index (κ1) is 25.9. The second kappa shape index (κ2) is 9.50. The predicted molar refractivity (Wildman–Crippen MR) is 197 cm³/mol. The lowest BCUT2D eigenvalue weighted by atomic mass is 9.85. The van der Waals surface area contributed by atoms with Crippen LogP contribution < -0.4 is 0 Å². The zero-order valence-electron chi connectivity index (χ0n) is 24.9. The molecule has 0 spiro atoms. The van der Waals surface area contributed by atoms with Crippen molar-refractivity contribution < 1.29 is 0 Å². The first-order valence-electron chi connectivity index (χ1n) is 15.3. The molecule has 0 aliphatic carbocycles. The summed E-state index contributed by atoms with van der Waals surface area (Å²) < 4.78 is 5.41. The molecule has 0 fully saturated rings. The first-order chi connectivity index (χ1) is 21.5. The Hall–Kier alpha value is -4.50. The van der Waals surface area contributed by atoms with Crippen molar-refractivity contribution in [3.63, 3.8) is 0 Å². The summed E-state index contributed by atoms with van der Waals surface area (Å²) in [7, 11) is 0. The Morgan fingerprint density at radius 3 is 1.64 bits per heavy atom. The highest BCUT2D eigenvalue weighted by atomic mass is 32.1. The van der Waals surface area contributed by atoms with E-state index in [0.29, 0.717) is 0 Å². The monoisotopic (exact) mass is 598 g/mol. The van der Waals surface area contributed by atoms with Crippen LogP contribution in [0, 0.1) is 0 Å². The van der Waals surface area contributed by atoms with Crippen LogP contribution in [0.5, 0.6) is 0 Å². The van der Waals surface area contributed by atoms with Gasteiger partial charge in [0.25, 0.3) is 0 Å². The SMILES string of the molecule is CC(C)(C)c1ccc2c(c1)sc1cc(-c3c4ccccc4c(-c4cccc5c4sc4ccccc45)c4ccccc34)ccc12. The topological polar surface area (TPSA) is 0 Å². The lowest BCUT2D eigenvalue weighted by Crippen LogP contribution is -2.10. The molecular formula is C42H30S2. The third-order valence-electron chi connectivity index (χ3n) is 9.23. The van der Waals surface area contributed by atoms with E-state index in [4.69, 9.17) is 0 Å². The van der Waals surface area contributed by atoms with Gasteiger partial charge in [-0.1, -0.05) is 130 Å². The Balaban J connectivity index is 1.34. The molecule has 0 atom stereocenters. The van der Waals surface area contributed by atoms with Gasteiger partial charge in [0.05, 0.1) is 0 Å². The number of hydrogen-bond donors (Lipinski definition) is 0. The van der Waals surface area contributed by atoms with Crippen LogP contribution >= 0.6 is 22.7 Å². The molecule has 0 unspecified atom stereocenters. The van der Waals surface area contributed by atoms with Crippen LogP contribution in [0.25, 0.3) is 84.1 Å². The summed E-state index contributed by atoms with van der Waals surface area (Å²) in [5, 5.41) is 10.6. The van der Waals surface area contributed by atoms with Crippen LogP contribution in [0.4, 0.5) is 0 Å². The fourth-order valence-corrected chi connectivity index (χ4v) is 9.48. The van der Waals surface area contributed by atoms with Crippen molar-refractivity contribution in [1.29, 1.82) is 0 Å². The van der Waals surface area contributed by atoms with E-state index in [1.807, 2.05) is 22.7 Å². The van der Waals surface area contributed by atoms with Crippen molar-refractivity contribution in [2.75, 3.05) is 0 Å². The molecule has 0 bridgehead atoms. The molecule has 0 aliphatic rings. The van der Waals surface area contributed by atoms with Crippen molar-refractivity contribution in [3.8, 4) is 22.3 Å². The second-order valence-corrected chi connectivity index (χ2v) is 15.0. The Bertz CT molecular complexity index is 2530. The zero-order chi connectivity index (χ0) is 29.6. The molecule has 210 valence electrons. The third-order valence-corrected chi connectivity index (χ3v) is 11.6. The summed E-state index contributed by atoms with van der Waals surface area (Å²) in [6.45, 7) is 6.88. The molecule has 9 aromatic rings. The van der Waals surface area contributed by atoms with Gasteiger partial charge in [-0.25, -0.2) is 0 Å². The van der Waals surface area contributed by atoms with Crippen molar-refractivity contribution in [2.45, 2.75) is 26.2 Å². The number of hydrogen-bond acceptors (Lipinski definition) is 2. The molecule has 44 heavy (non-hydrogen) atoms. The van der Waals surface area contributed by atoms with E-state index < -0.39 is 0 Å². The number of benzene rings is 7. The minimum atomic E-state index is 0.134. The normalized spacial score (nSPS) is 12.4. The standard InChI is InChI=1S/C42H30S2/c1-42(2,3)26-20-22-29-28-21-19-25(23-37(28)43-38(29)24-26)39-30-12-4-6-14-32(30)40(33-15-7-5-13-31(33)39)35-17-10-16-34-27-11-8-9-18-36(27)44-41(34)35/h4-24H,1-3H3. The van der Waals surface area contributed by atoms with Gasteiger partial charge in [0.15, 0.2) is 0 Å². The summed E-state index contributed by atoms with van der Waals surface area (Å²) in [5.74, 6) is 0. The molecule has 2 heteroatoms. The molecule has 0 nitrogen and oxygen atoms in total. The van der Waals surface area contributed by atoms with Crippen LogP contribution in [0.2, 0.25) is 0 Å². The Labute approximate surface area is 264 Å². The van der Waals surface area contributed by atoms with E-state index in [9.17, 15) is 0 Å². The smallest absolute Gasteiger partial charge is 0.0434 e. The maximum Gasteiger partial charge on any atom is 0.0434 e. The number of fused-ring (bicyclic) bond motifs is 8. The van der Waals surface area contributed by atoms with Gasteiger partial charge in [0.2, 0.25) is 0 Å². The summed E-state index contributed by atoms with van der Waals surface area (Å²) in [6, 6.07) is 47.8. The van der Waals surface area contributed by atoms with Crippen LogP contribution in [0.15, 0.2) is 127 Å². The van der Waals surface area contributed by atoms with Crippen molar-refractivity contribution >= 4 is 84.6 Å². The van der Waals surface area contributed by atoms with E-state index in [0.717, 1.165) is 0 Å². The van der Waals surface area contributed by atoms with Gasteiger partial charge >= 0.3 is 0 Å². The van der Waals surface area contributed by atoms with Gasteiger partial charge in [-0.15, -0.1) is 22.7 Å².